The molecule has 0 unspecified atom stereocenters. The van der Waals surface area contributed by atoms with Crippen molar-refractivity contribution >= 4 is 0 Å². The highest BCUT2D eigenvalue weighted by molar-refractivity contribution is 5.11. The fourth-order valence-electron chi connectivity index (χ4n) is 0.839. The number of allylic oxidation sites excluding steroid dienone is 5. The average molecular weight is 132 g/mol. The largest absolute Gasteiger partial charge is 0.125 e. The first-order valence-electron chi connectivity index (χ1n) is 3.73. The third-order valence-corrected chi connectivity index (χ3v) is 1.39. The lowest BCUT2D eigenvalue weighted by Gasteiger charge is -1.87. The summed E-state index contributed by atoms with van der Waals surface area (Å²) in [7, 11) is 0. The maximum absolute atomic E-state index is 3.08. The molecule has 0 bridgehead atoms. The Balaban J connectivity index is 2.55. The van der Waals surface area contributed by atoms with Gasteiger partial charge in [0.05, 0.1) is 0 Å². The first-order chi connectivity index (χ1) is 5.00. The molecule has 0 atom stereocenters. The molecule has 0 saturated heterocycles. The summed E-state index contributed by atoms with van der Waals surface area (Å²) in [6, 6.07) is 0. The van der Waals surface area contributed by atoms with Gasteiger partial charge in [-0.25, -0.2) is 0 Å². The molecule has 0 N–H and O–H groups in total. The van der Waals surface area contributed by atoms with Crippen molar-refractivity contribution in [3.63, 3.8) is 0 Å². The third-order valence-electron chi connectivity index (χ3n) is 1.39. The van der Waals surface area contributed by atoms with Crippen molar-refractivity contribution in [3.8, 4) is 0 Å². The monoisotopic (exact) mass is 132 g/mol. The number of rotatable bonds is 0. The molecule has 0 aromatic rings. The van der Waals surface area contributed by atoms with Gasteiger partial charge in [-0.2, -0.15) is 0 Å². The predicted molar refractivity (Wildman–Crippen MR) is 44.8 cm³/mol. The fraction of sp³-hybridized carbons (Fsp3) is 0.300. The van der Waals surface area contributed by atoms with Gasteiger partial charge < -0.3 is 0 Å². The Kier molecular flexibility index (Phi) is 3.44. The molecule has 1 rings (SSSR count). The quantitative estimate of drug-likeness (QED) is 0.444. The molecule has 0 spiro atoms. The van der Waals surface area contributed by atoms with Crippen molar-refractivity contribution in [2.45, 2.75) is 19.3 Å². The molecule has 0 amide bonds. The Morgan fingerprint density at radius 2 is 2.00 bits per heavy atom. The van der Waals surface area contributed by atoms with Crippen molar-refractivity contribution in [1.82, 2.24) is 0 Å². The van der Waals surface area contributed by atoms with Crippen LogP contribution in [0.25, 0.3) is 0 Å². The Labute approximate surface area is 62.3 Å². The minimum Gasteiger partial charge on any atom is -0.125 e. The van der Waals surface area contributed by atoms with E-state index in [1.807, 2.05) is 18.2 Å². The topological polar surface area (TPSA) is 0 Å². The van der Waals surface area contributed by atoms with E-state index in [1.165, 1.54) is 12.8 Å². The highest BCUT2D eigenvalue weighted by Crippen LogP contribution is 1.98. The normalized spacial score (nSPS) is 24.0. The second-order valence-corrected chi connectivity index (χ2v) is 2.28. The molecule has 0 radical (unpaired) electrons. The van der Waals surface area contributed by atoms with Crippen LogP contribution in [0.5, 0.6) is 0 Å². The van der Waals surface area contributed by atoms with E-state index in [1.54, 1.807) is 0 Å². The molecule has 0 fully saturated rings. The number of hydrogen-bond acceptors (Lipinski definition) is 0. The molecule has 0 heteroatoms. The minimum atomic E-state index is 1.15. The van der Waals surface area contributed by atoms with Crippen LogP contribution in [-0.4, -0.2) is 0 Å². The Hall–Kier alpha value is -1.00. The van der Waals surface area contributed by atoms with Gasteiger partial charge in [0, 0.05) is 0 Å². The lowest BCUT2D eigenvalue weighted by Crippen LogP contribution is -1.68. The molecule has 10 heavy (non-hydrogen) atoms. The molecule has 1 aliphatic carbocycles. The zero-order valence-corrected chi connectivity index (χ0v) is 6.09. The van der Waals surface area contributed by atoms with E-state index in [9.17, 15) is 0 Å². The SMILES string of the molecule is C1=C/C=C/C=C/CCCC=1. The van der Waals surface area contributed by atoms with E-state index in [0.717, 1.165) is 6.42 Å². The average Bonchev–Trinajstić information content (AvgIpc) is 2.01. The van der Waals surface area contributed by atoms with Gasteiger partial charge >= 0.3 is 0 Å². The summed E-state index contributed by atoms with van der Waals surface area (Å²) >= 11 is 0. The maximum Gasteiger partial charge on any atom is -0.0203 e. The summed E-state index contributed by atoms with van der Waals surface area (Å²) in [5.41, 5.74) is 3.08. The van der Waals surface area contributed by atoms with Crippen LogP contribution < -0.4 is 0 Å². The summed E-state index contributed by atoms with van der Waals surface area (Å²) in [6.45, 7) is 0. The van der Waals surface area contributed by atoms with Gasteiger partial charge in [0.1, 0.15) is 0 Å². The summed E-state index contributed by atoms with van der Waals surface area (Å²) in [6.07, 6.45) is 15.9. The van der Waals surface area contributed by atoms with E-state index < -0.39 is 0 Å². The van der Waals surface area contributed by atoms with Crippen molar-refractivity contribution < 1.29 is 0 Å². The van der Waals surface area contributed by atoms with Crippen LogP contribution in [0.1, 0.15) is 19.3 Å². The van der Waals surface area contributed by atoms with Crippen LogP contribution in [0, 0.1) is 0 Å². The molecule has 0 nitrogen and oxygen atoms in total. The first-order valence-corrected chi connectivity index (χ1v) is 3.73. The Bertz CT molecular complexity index is 188. The van der Waals surface area contributed by atoms with Crippen molar-refractivity contribution in [2.75, 3.05) is 0 Å². The van der Waals surface area contributed by atoms with E-state index in [-0.39, 0.29) is 0 Å². The first kappa shape index (κ1) is 7.11. The van der Waals surface area contributed by atoms with Crippen molar-refractivity contribution in [2.24, 2.45) is 0 Å². The molecular formula is C10H12. The molecular weight excluding hydrogens is 120 g/mol. The number of hydrogen-bond donors (Lipinski definition) is 0. The zero-order valence-electron chi connectivity index (χ0n) is 6.09. The van der Waals surface area contributed by atoms with Gasteiger partial charge in [0.15, 0.2) is 0 Å². The molecule has 0 aromatic heterocycles. The molecule has 0 aliphatic heterocycles. The van der Waals surface area contributed by atoms with Crippen LogP contribution in [-0.2, 0) is 0 Å². The second kappa shape index (κ2) is 4.84. The van der Waals surface area contributed by atoms with E-state index >= 15 is 0 Å². The van der Waals surface area contributed by atoms with Crippen LogP contribution >= 0.6 is 0 Å². The van der Waals surface area contributed by atoms with Gasteiger partial charge in [0.2, 0.25) is 0 Å². The second-order valence-electron chi connectivity index (χ2n) is 2.28. The van der Waals surface area contributed by atoms with E-state index in [4.69, 9.17) is 0 Å². The van der Waals surface area contributed by atoms with Gasteiger partial charge in [-0.1, -0.05) is 24.3 Å². The van der Waals surface area contributed by atoms with Crippen molar-refractivity contribution in [1.29, 1.82) is 0 Å². The van der Waals surface area contributed by atoms with Gasteiger partial charge in [-0.15, -0.1) is 5.73 Å². The van der Waals surface area contributed by atoms with Crippen LogP contribution in [0.15, 0.2) is 42.2 Å². The Morgan fingerprint density at radius 3 is 3.00 bits per heavy atom. The summed E-state index contributed by atoms with van der Waals surface area (Å²) in [5, 5.41) is 0. The molecule has 52 valence electrons. The van der Waals surface area contributed by atoms with Crippen LogP contribution in [0.3, 0.4) is 0 Å². The standard InChI is InChI=1S/C10H12/c1-2-4-6-8-10-9-7-5-3-1/h1-5,9H,6,8,10H2/b3-1+,4-2+. The molecule has 0 saturated carbocycles. The smallest absolute Gasteiger partial charge is 0.0203 e. The van der Waals surface area contributed by atoms with E-state index in [0.29, 0.717) is 0 Å². The zero-order chi connectivity index (χ0) is 7.07. The van der Waals surface area contributed by atoms with Gasteiger partial charge in [0.25, 0.3) is 0 Å². The predicted octanol–water partition coefficient (Wildman–Crippen LogP) is 2.99. The lowest BCUT2D eigenvalue weighted by molar-refractivity contribution is 0.869. The Morgan fingerprint density at radius 1 is 1.00 bits per heavy atom. The highest BCUT2D eigenvalue weighted by Gasteiger charge is 1.78. The molecule has 0 aromatic carbocycles. The summed E-state index contributed by atoms with van der Waals surface area (Å²) < 4.78 is 0. The third kappa shape index (κ3) is 3.11. The summed E-state index contributed by atoms with van der Waals surface area (Å²) in [4.78, 5) is 0. The summed E-state index contributed by atoms with van der Waals surface area (Å²) in [5.74, 6) is 0. The molecule has 0 heterocycles. The van der Waals surface area contributed by atoms with Crippen LogP contribution in [0.4, 0.5) is 0 Å². The van der Waals surface area contributed by atoms with E-state index in [2.05, 4.69) is 24.0 Å². The fourth-order valence-corrected chi connectivity index (χ4v) is 0.839. The van der Waals surface area contributed by atoms with Crippen molar-refractivity contribution in [3.05, 3.63) is 42.2 Å². The highest BCUT2D eigenvalue weighted by atomic mass is 13.8. The molecule has 1 aliphatic rings. The maximum atomic E-state index is 3.08. The lowest BCUT2D eigenvalue weighted by atomic mass is 10.2. The van der Waals surface area contributed by atoms with Gasteiger partial charge in [-0.3, -0.25) is 0 Å². The minimum absolute atomic E-state index is 1.15. The van der Waals surface area contributed by atoms with Gasteiger partial charge in [-0.05, 0) is 31.4 Å². The van der Waals surface area contributed by atoms with Crippen LogP contribution in [0.2, 0.25) is 0 Å².